The molecule has 2 heterocycles. The summed E-state index contributed by atoms with van der Waals surface area (Å²) in [7, 11) is 0. The lowest BCUT2D eigenvalue weighted by Crippen LogP contribution is -2.15. The van der Waals surface area contributed by atoms with Gasteiger partial charge in [-0.15, -0.1) is 0 Å². The second kappa shape index (κ2) is 6.51. The zero-order valence-electron chi connectivity index (χ0n) is 9.49. The first-order valence-corrected chi connectivity index (χ1v) is 6.42. The molecule has 2 N–H and O–H groups in total. The number of rotatable bonds is 6. The lowest BCUT2D eigenvalue weighted by molar-refractivity contribution is 0.640. The zero-order chi connectivity index (χ0) is 11.9. The Morgan fingerprint density at radius 2 is 2.29 bits per heavy atom. The van der Waals surface area contributed by atoms with E-state index < -0.39 is 0 Å². The molecule has 2 aromatic rings. The zero-order valence-corrected chi connectivity index (χ0v) is 11.1. The van der Waals surface area contributed by atoms with Gasteiger partial charge in [-0.2, -0.15) is 0 Å². The average molecular weight is 295 g/mol. The predicted molar refractivity (Wildman–Crippen MR) is 70.6 cm³/mol. The second-order valence-electron chi connectivity index (χ2n) is 3.83. The van der Waals surface area contributed by atoms with Crippen molar-refractivity contribution in [3.05, 3.63) is 46.7 Å². The summed E-state index contributed by atoms with van der Waals surface area (Å²) in [5.74, 6) is 1.05. The van der Waals surface area contributed by atoms with Gasteiger partial charge in [-0.3, -0.25) is 4.98 Å². The maximum absolute atomic E-state index is 4.18. The molecule has 5 heteroatoms. The quantitative estimate of drug-likeness (QED) is 0.804. The molecule has 2 aromatic heterocycles. The molecular weight excluding hydrogens is 280 g/mol. The highest BCUT2D eigenvalue weighted by Gasteiger charge is 1.96. The van der Waals surface area contributed by atoms with E-state index in [2.05, 4.69) is 42.3 Å². The molecule has 0 aromatic carbocycles. The molecule has 0 amide bonds. The van der Waals surface area contributed by atoms with Crippen LogP contribution in [0.5, 0.6) is 0 Å². The Morgan fingerprint density at radius 3 is 3.06 bits per heavy atom. The largest absolute Gasteiger partial charge is 0.349 e. The molecule has 0 aliphatic heterocycles. The van der Waals surface area contributed by atoms with E-state index in [9.17, 15) is 0 Å². The van der Waals surface area contributed by atoms with Crippen molar-refractivity contribution in [2.45, 2.75) is 19.4 Å². The number of imidazole rings is 1. The SMILES string of the molecule is Brc1cncc(CNCCCc2ncc[nH]2)c1. The Balaban J connectivity index is 1.63. The summed E-state index contributed by atoms with van der Waals surface area (Å²) in [4.78, 5) is 11.4. The highest BCUT2D eigenvalue weighted by molar-refractivity contribution is 9.10. The Labute approximate surface area is 109 Å². The monoisotopic (exact) mass is 294 g/mol. The van der Waals surface area contributed by atoms with Crippen LogP contribution in [0.25, 0.3) is 0 Å². The van der Waals surface area contributed by atoms with Crippen molar-refractivity contribution in [1.82, 2.24) is 20.3 Å². The number of hydrogen-bond acceptors (Lipinski definition) is 3. The lowest BCUT2D eigenvalue weighted by Gasteiger charge is -2.04. The fraction of sp³-hybridized carbons (Fsp3) is 0.333. The van der Waals surface area contributed by atoms with E-state index in [-0.39, 0.29) is 0 Å². The Kier molecular flexibility index (Phi) is 4.70. The standard InChI is InChI=1S/C12H15BrN4/c13-11-6-10(8-15-9-11)7-14-3-1-2-12-16-4-5-17-12/h4-6,8-9,14H,1-3,7H2,(H,16,17). The number of pyridine rings is 1. The van der Waals surface area contributed by atoms with Crippen molar-refractivity contribution >= 4 is 15.9 Å². The van der Waals surface area contributed by atoms with Crippen LogP contribution in [0.3, 0.4) is 0 Å². The molecular formula is C12H15BrN4. The van der Waals surface area contributed by atoms with Gasteiger partial charge in [0.15, 0.2) is 0 Å². The molecule has 0 unspecified atom stereocenters. The number of aryl methyl sites for hydroxylation is 1. The minimum Gasteiger partial charge on any atom is -0.349 e. The molecule has 2 rings (SSSR count). The molecule has 4 nitrogen and oxygen atoms in total. The van der Waals surface area contributed by atoms with E-state index in [0.29, 0.717) is 0 Å². The van der Waals surface area contributed by atoms with Crippen LogP contribution in [0.15, 0.2) is 35.3 Å². The van der Waals surface area contributed by atoms with Crippen molar-refractivity contribution < 1.29 is 0 Å². The molecule has 0 spiro atoms. The third-order valence-corrected chi connectivity index (χ3v) is 2.85. The number of nitrogens with zero attached hydrogens (tertiary/aromatic N) is 2. The second-order valence-corrected chi connectivity index (χ2v) is 4.74. The summed E-state index contributed by atoms with van der Waals surface area (Å²) in [6.45, 7) is 1.83. The first-order chi connectivity index (χ1) is 8.34. The molecule has 0 saturated heterocycles. The van der Waals surface area contributed by atoms with Crippen LogP contribution < -0.4 is 5.32 Å². The molecule has 90 valence electrons. The fourth-order valence-electron chi connectivity index (χ4n) is 1.60. The number of nitrogens with one attached hydrogen (secondary N) is 2. The summed E-state index contributed by atoms with van der Waals surface area (Å²) >= 11 is 3.41. The highest BCUT2D eigenvalue weighted by Crippen LogP contribution is 2.09. The summed E-state index contributed by atoms with van der Waals surface area (Å²) < 4.78 is 1.02. The van der Waals surface area contributed by atoms with Crippen LogP contribution in [0.2, 0.25) is 0 Å². The lowest BCUT2D eigenvalue weighted by atomic mass is 10.2. The third-order valence-electron chi connectivity index (χ3n) is 2.41. The molecule has 0 radical (unpaired) electrons. The molecule has 0 fully saturated rings. The molecule has 0 aliphatic carbocycles. The molecule has 0 atom stereocenters. The van der Waals surface area contributed by atoms with E-state index in [4.69, 9.17) is 0 Å². The van der Waals surface area contributed by atoms with Gasteiger partial charge in [-0.05, 0) is 40.5 Å². The smallest absolute Gasteiger partial charge is 0.106 e. The summed E-state index contributed by atoms with van der Waals surface area (Å²) in [5, 5.41) is 3.39. The van der Waals surface area contributed by atoms with Gasteiger partial charge >= 0.3 is 0 Å². The van der Waals surface area contributed by atoms with E-state index in [1.54, 1.807) is 12.4 Å². The molecule has 0 aliphatic rings. The van der Waals surface area contributed by atoms with Gasteiger partial charge < -0.3 is 10.3 Å². The van der Waals surface area contributed by atoms with Crippen molar-refractivity contribution in [2.75, 3.05) is 6.54 Å². The topological polar surface area (TPSA) is 53.6 Å². The van der Waals surface area contributed by atoms with Gasteiger partial charge in [0.1, 0.15) is 5.82 Å². The molecule has 0 saturated carbocycles. The van der Waals surface area contributed by atoms with E-state index in [1.165, 1.54) is 5.56 Å². The van der Waals surface area contributed by atoms with Crippen LogP contribution in [0, 0.1) is 0 Å². The summed E-state index contributed by atoms with van der Waals surface area (Å²) in [5.41, 5.74) is 1.19. The van der Waals surface area contributed by atoms with Crippen molar-refractivity contribution in [1.29, 1.82) is 0 Å². The minimum atomic E-state index is 0.852. The third kappa shape index (κ3) is 4.28. The van der Waals surface area contributed by atoms with Crippen molar-refractivity contribution in [3.63, 3.8) is 0 Å². The van der Waals surface area contributed by atoms with Gasteiger partial charge in [0.05, 0.1) is 0 Å². The van der Waals surface area contributed by atoms with Crippen LogP contribution in [-0.4, -0.2) is 21.5 Å². The van der Waals surface area contributed by atoms with Gasteiger partial charge in [-0.1, -0.05) is 0 Å². The van der Waals surface area contributed by atoms with Crippen LogP contribution in [-0.2, 0) is 13.0 Å². The molecule has 17 heavy (non-hydrogen) atoms. The number of aromatic amines is 1. The van der Waals surface area contributed by atoms with Crippen LogP contribution >= 0.6 is 15.9 Å². The molecule has 0 bridgehead atoms. The van der Waals surface area contributed by atoms with Crippen LogP contribution in [0.4, 0.5) is 0 Å². The van der Waals surface area contributed by atoms with Gasteiger partial charge in [0.25, 0.3) is 0 Å². The van der Waals surface area contributed by atoms with Gasteiger partial charge in [0, 0.05) is 42.2 Å². The number of hydrogen-bond donors (Lipinski definition) is 2. The maximum Gasteiger partial charge on any atom is 0.106 e. The normalized spacial score (nSPS) is 10.6. The average Bonchev–Trinajstić information content (AvgIpc) is 2.82. The Bertz CT molecular complexity index is 442. The number of H-pyrrole nitrogens is 1. The summed E-state index contributed by atoms with van der Waals surface area (Å²) in [6.07, 6.45) is 9.38. The Morgan fingerprint density at radius 1 is 1.35 bits per heavy atom. The number of aromatic nitrogens is 3. The van der Waals surface area contributed by atoms with Crippen molar-refractivity contribution in [2.24, 2.45) is 0 Å². The first kappa shape index (κ1) is 12.3. The minimum absolute atomic E-state index is 0.852. The fourth-order valence-corrected chi connectivity index (χ4v) is 2.01. The predicted octanol–water partition coefficient (Wildman–Crippen LogP) is 2.29. The maximum atomic E-state index is 4.18. The van der Waals surface area contributed by atoms with Crippen molar-refractivity contribution in [3.8, 4) is 0 Å². The van der Waals surface area contributed by atoms with E-state index >= 15 is 0 Å². The first-order valence-electron chi connectivity index (χ1n) is 5.63. The van der Waals surface area contributed by atoms with Gasteiger partial charge in [0.2, 0.25) is 0 Å². The highest BCUT2D eigenvalue weighted by atomic mass is 79.9. The number of halogens is 1. The summed E-state index contributed by atoms with van der Waals surface area (Å²) in [6, 6.07) is 2.08. The van der Waals surface area contributed by atoms with E-state index in [1.807, 2.05) is 12.4 Å². The Hall–Kier alpha value is -1.20. The van der Waals surface area contributed by atoms with Gasteiger partial charge in [-0.25, -0.2) is 4.98 Å². The van der Waals surface area contributed by atoms with Crippen LogP contribution in [0.1, 0.15) is 17.8 Å². The van der Waals surface area contributed by atoms with E-state index in [0.717, 1.165) is 36.2 Å².